The molecule has 0 spiro atoms. The Balaban J connectivity index is 4.27. The summed E-state index contributed by atoms with van der Waals surface area (Å²) < 4.78 is 12.1. The molecule has 0 aromatic rings. The maximum Gasteiger partial charge on any atom is 0.114 e. The van der Waals surface area contributed by atoms with Gasteiger partial charge in [-0.3, -0.25) is 0 Å². The van der Waals surface area contributed by atoms with Gasteiger partial charge in [-0.1, -0.05) is 13.5 Å². The molecule has 2 heteroatoms. The number of rotatable bonds is 4. The Kier molecular flexibility index (Phi) is 4.59. The smallest absolute Gasteiger partial charge is 0.114 e. The van der Waals surface area contributed by atoms with Gasteiger partial charge in [-0.05, 0) is 17.6 Å². The Morgan fingerprint density at radius 3 is 2.36 bits per heavy atom. The number of alkyl halides is 1. The molecule has 64 valence electrons. The van der Waals surface area contributed by atoms with Crippen molar-refractivity contribution in [2.75, 3.05) is 20.8 Å². The third-order valence-corrected chi connectivity index (χ3v) is 1.41. The molecular formula is C9H16FN. The van der Waals surface area contributed by atoms with Crippen LogP contribution in [0.25, 0.3) is 0 Å². The minimum Gasteiger partial charge on any atom is -0.383 e. The van der Waals surface area contributed by atoms with Crippen molar-refractivity contribution in [3.05, 3.63) is 23.9 Å². The van der Waals surface area contributed by atoms with Crippen molar-refractivity contribution in [2.45, 2.75) is 13.3 Å². The van der Waals surface area contributed by atoms with Crippen LogP contribution < -0.4 is 0 Å². The van der Waals surface area contributed by atoms with Crippen LogP contribution in [-0.4, -0.2) is 25.7 Å². The van der Waals surface area contributed by atoms with Gasteiger partial charge in [0.25, 0.3) is 0 Å². The topological polar surface area (TPSA) is 3.24 Å². The minimum atomic E-state index is -0.451. The highest BCUT2D eigenvalue weighted by atomic mass is 19.1. The molecule has 0 amide bonds. The summed E-state index contributed by atoms with van der Waals surface area (Å²) >= 11 is 0. The van der Waals surface area contributed by atoms with Gasteiger partial charge in [0.1, 0.15) is 6.67 Å². The zero-order chi connectivity index (χ0) is 8.85. The highest BCUT2D eigenvalue weighted by molar-refractivity contribution is 5.27. The fraction of sp³-hybridized carbons (Fsp3) is 0.556. The standard InChI is InChI=1S/C9H16FN/c1-5-9(7-11(3)4)8(2)6-10/h7H,2,5-6H2,1,3-4H3/b9-7-. The zero-order valence-corrected chi connectivity index (χ0v) is 7.52. The Hall–Kier alpha value is -0.790. The summed E-state index contributed by atoms with van der Waals surface area (Å²) in [6, 6.07) is 0. The second-order valence-corrected chi connectivity index (χ2v) is 2.71. The second kappa shape index (κ2) is 4.94. The van der Waals surface area contributed by atoms with Gasteiger partial charge in [-0.25, -0.2) is 4.39 Å². The number of nitrogens with zero attached hydrogens (tertiary/aromatic N) is 1. The Bertz CT molecular complexity index is 159. The molecule has 0 atom stereocenters. The summed E-state index contributed by atoms with van der Waals surface area (Å²) in [5, 5.41) is 0. The molecule has 11 heavy (non-hydrogen) atoms. The van der Waals surface area contributed by atoms with E-state index in [0.29, 0.717) is 5.57 Å². The summed E-state index contributed by atoms with van der Waals surface area (Å²) in [6.07, 6.45) is 2.74. The van der Waals surface area contributed by atoms with E-state index in [4.69, 9.17) is 0 Å². The van der Waals surface area contributed by atoms with E-state index < -0.39 is 6.67 Å². The third-order valence-electron chi connectivity index (χ3n) is 1.41. The van der Waals surface area contributed by atoms with E-state index >= 15 is 0 Å². The second-order valence-electron chi connectivity index (χ2n) is 2.71. The van der Waals surface area contributed by atoms with Crippen molar-refractivity contribution >= 4 is 0 Å². The monoisotopic (exact) mass is 157 g/mol. The van der Waals surface area contributed by atoms with Gasteiger partial charge in [-0.15, -0.1) is 0 Å². The van der Waals surface area contributed by atoms with Gasteiger partial charge >= 0.3 is 0 Å². The summed E-state index contributed by atoms with van der Waals surface area (Å²) in [4.78, 5) is 1.90. The largest absolute Gasteiger partial charge is 0.383 e. The normalized spacial score (nSPS) is 11.5. The van der Waals surface area contributed by atoms with E-state index in [-0.39, 0.29) is 0 Å². The van der Waals surface area contributed by atoms with Gasteiger partial charge in [0.15, 0.2) is 0 Å². The lowest BCUT2D eigenvalue weighted by molar-refractivity contribution is 0.533. The fourth-order valence-electron chi connectivity index (χ4n) is 0.830. The van der Waals surface area contributed by atoms with Crippen LogP contribution in [0.1, 0.15) is 13.3 Å². The van der Waals surface area contributed by atoms with Crippen LogP contribution in [0.15, 0.2) is 23.9 Å². The highest BCUT2D eigenvalue weighted by Crippen LogP contribution is 2.12. The Morgan fingerprint density at radius 2 is 2.09 bits per heavy atom. The quantitative estimate of drug-likeness (QED) is 0.566. The molecule has 0 aliphatic carbocycles. The van der Waals surface area contributed by atoms with Crippen LogP contribution in [0.3, 0.4) is 0 Å². The van der Waals surface area contributed by atoms with Gasteiger partial charge in [0.05, 0.1) is 0 Å². The van der Waals surface area contributed by atoms with Crippen molar-refractivity contribution in [3.8, 4) is 0 Å². The molecule has 0 aliphatic rings. The third kappa shape index (κ3) is 3.81. The van der Waals surface area contributed by atoms with E-state index in [2.05, 4.69) is 6.58 Å². The molecule has 0 fully saturated rings. The van der Waals surface area contributed by atoms with Crippen molar-refractivity contribution in [1.29, 1.82) is 0 Å². The van der Waals surface area contributed by atoms with Crippen molar-refractivity contribution in [3.63, 3.8) is 0 Å². The maximum atomic E-state index is 12.1. The minimum absolute atomic E-state index is 0.451. The molecule has 0 saturated carbocycles. The Morgan fingerprint density at radius 1 is 1.55 bits per heavy atom. The molecule has 0 saturated heterocycles. The first-order valence-corrected chi connectivity index (χ1v) is 3.73. The first-order valence-electron chi connectivity index (χ1n) is 3.73. The number of hydrogen-bond donors (Lipinski definition) is 0. The lowest BCUT2D eigenvalue weighted by atomic mass is 10.1. The van der Waals surface area contributed by atoms with Crippen LogP contribution in [-0.2, 0) is 0 Å². The molecule has 0 aromatic heterocycles. The number of hydrogen-bond acceptors (Lipinski definition) is 1. The van der Waals surface area contributed by atoms with Crippen molar-refractivity contribution in [1.82, 2.24) is 4.90 Å². The van der Waals surface area contributed by atoms with E-state index in [9.17, 15) is 4.39 Å². The molecule has 1 nitrogen and oxygen atoms in total. The van der Waals surface area contributed by atoms with Crippen molar-refractivity contribution < 1.29 is 4.39 Å². The van der Waals surface area contributed by atoms with Crippen LogP contribution in [0.4, 0.5) is 4.39 Å². The van der Waals surface area contributed by atoms with Crippen LogP contribution in [0, 0.1) is 0 Å². The zero-order valence-electron chi connectivity index (χ0n) is 7.52. The van der Waals surface area contributed by atoms with E-state index in [1.807, 2.05) is 32.1 Å². The predicted octanol–water partition coefficient (Wildman–Crippen LogP) is 2.37. The average molecular weight is 157 g/mol. The molecule has 0 aromatic carbocycles. The first kappa shape index (κ1) is 10.2. The summed E-state index contributed by atoms with van der Waals surface area (Å²) in [6.45, 7) is 5.17. The molecule has 0 bridgehead atoms. The summed E-state index contributed by atoms with van der Waals surface area (Å²) in [5.41, 5.74) is 1.57. The fourth-order valence-corrected chi connectivity index (χ4v) is 0.830. The highest BCUT2D eigenvalue weighted by Gasteiger charge is 1.99. The van der Waals surface area contributed by atoms with Crippen molar-refractivity contribution in [2.24, 2.45) is 0 Å². The molecule has 0 unspecified atom stereocenters. The summed E-state index contributed by atoms with van der Waals surface area (Å²) in [5.74, 6) is 0. The van der Waals surface area contributed by atoms with E-state index in [1.165, 1.54) is 0 Å². The summed E-state index contributed by atoms with van der Waals surface area (Å²) in [7, 11) is 3.84. The first-order chi connectivity index (χ1) is 5.11. The van der Waals surface area contributed by atoms with Gasteiger partial charge < -0.3 is 4.90 Å². The van der Waals surface area contributed by atoms with Gasteiger partial charge in [0.2, 0.25) is 0 Å². The van der Waals surface area contributed by atoms with E-state index in [1.54, 1.807) is 0 Å². The molecule has 0 N–H and O–H groups in total. The van der Waals surface area contributed by atoms with Gasteiger partial charge in [0, 0.05) is 20.3 Å². The molecular weight excluding hydrogens is 141 g/mol. The lowest BCUT2D eigenvalue weighted by Crippen LogP contribution is -2.04. The van der Waals surface area contributed by atoms with Crippen LogP contribution >= 0.6 is 0 Å². The van der Waals surface area contributed by atoms with Crippen LogP contribution in [0.2, 0.25) is 0 Å². The maximum absolute atomic E-state index is 12.1. The molecule has 0 radical (unpaired) electrons. The molecule has 0 aliphatic heterocycles. The lowest BCUT2D eigenvalue weighted by Gasteiger charge is -2.10. The number of allylic oxidation sites excluding steroid dienone is 2. The Labute approximate surface area is 68.2 Å². The van der Waals surface area contributed by atoms with E-state index in [0.717, 1.165) is 12.0 Å². The SMILES string of the molecule is C=C(CF)/C(=C\N(C)C)CC. The number of halogens is 1. The molecule has 0 heterocycles. The van der Waals surface area contributed by atoms with Gasteiger partial charge in [-0.2, -0.15) is 0 Å². The average Bonchev–Trinajstić information content (AvgIpc) is 1.98. The molecule has 0 rings (SSSR count). The van der Waals surface area contributed by atoms with Crippen LogP contribution in [0.5, 0.6) is 0 Å². The predicted molar refractivity (Wildman–Crippen MR) is 47.2 cm³/mol.